The molecule has 2 atom stereocenters. The van der Waals surface area contributed by atoms with Gasteiger partial charge in [0.15, 0.2) is 0 Å². The van der Waals surface area contributed by atoms with Gasteiger partial charge in [-0.15, -0.1) is 0 Å². The highest BCUT2D eigenvalue weighted by Crippen LogP contribution is 2.27. The predicted molar refractivity (Wildman–Crippen MR) is 82.5 cm³/mol. The number of hydrogen-bond acceptors (Lipinski definition) is 4. The van der Waals surface area contributed by atoms with Crippen molar-refractivity contribution in [2.45, 2.75) is 44.8 Å². The van der Waals surface area contributed by atoms with Crippen LogP contribution in [0.4, 0.5) is 4.79 Å². The van der Waals surface area contributed by atoms with Crippen molar-refractivity contribution in [2.75, 3.05) is 0 Å². The third-order valence-electron chi connectivity index (χ3n) is 4.03. The molecule has 0 radical (unpaired) electrons. The van der Waals surface area contributed by atoms with E-state index >= 15 is 0 Å². The molecule has 1 aliphatic rings. The molecule has 0 aromatic heterocycles. The van der Waals surface area contributed by atoms with Gasteiger partial charge in [0, 0.05) is 12.5 Å². The van der Waals surface area contributed by atoms with Crippen LogP contribution in [0.25, 0.3) is 0 Å². The summed E-state index contributed by atoms with van der Waals surface area (Å²) in [6.07, 6.45) is 3.79. The number of alkyl carbamates (subject to hydrolysis) is 1. The molecule has 1 aromatic carbocycles. The van der Waals surface area contributed by atoms with Crippen LogP contribution in [0.2, 0.25) is 0 Å². The van der Waals surface area contributed by atoms with Crippen LogP contribution in [0.3, 0.4) is 0 Å². The van der Waals surface area contributed by atoms with Gasteiger partial charge in [0.2, 0.25) is 5.91 Å². The Morgan fingerprint density at radius 3 is 2.64 bits per heavy atom. The summed E-state index contributed by atoms with van der Waals surface area (Å²) in [6, 6.07) is 9.50. The summed E-state index contributed by atoms with van der Waals surface area (Å²) in [5.41, 5.74) is 3.09. The summed E-state index contributed by atoms with van der Waals surface area (Å²) in [7, 11) is 0. The number of amides is 2. The van der Waals surface area contributed by atoms with Crippen LogP contribution in [-0.4, -0.2) is 18.0 Å². The molecule has 1 saturated carbocycles. The van der Waals surface area contributed by atoms with E-state index in [4.69, 9.17) is 10.6 Å². The van der Waals surface area contributed by atoms with Gasteiger partial charge in [-0.1, -0.05) is 43.2 Å². The summed E-state index contributed by atoms with van der Waals surface area (Å²) in [6.45, 7) is 0.243. The highest BCUT2D eigenvalue weighted by molar-refractivity contribution is 5.75. The molecule has 1 fully saturated rings. The van der Waals surface area contributed by atoms with E-state index in [0.29, 0.717) is 6.42 Å². The SMILES string of the molecule is NNC(=O)CC1CCCCC1NC(=O)OCc1ccccc1. The summed E-state index contributed by atoms with van der Waals surface area (Å²) in [4.78, 5) is 23.4. The highest BCUT2D eigenvalue weighted by Gasteiger charge is 2.28. The van der Waals surface area contributed by atoms with Crippen LogP contribution >= 0.6 is 0 Å². The molecule has 6 nitrogen and oxygen atoms in total. The van der Waals surface area contributed by atoms with Crippen LogP contribution in [0.1, 0.15) is 37.7 Å². The van der Waals surface area contributed by atoms with Gasteiger partial charge in [-0.25, -0.2) is 10.6 Å². The van der Waals surface area contributed by atoms with E-state index in [1.807, 2.05) is 30.3 Å². The van der Waals surface area contributed by atoms with Crippen molar-refractivity contribution in [2.24, 2.45) is 11.8 Å². The van der Waals surface area contributed by atoms with Gasteiger partial charge in [0.1, 0.15) is 6.61 Å². The van der Waals surface area contributed by atoms with E-state index in [1.165, 1.54) is 0 Å². The van der Waals surface area contributed by atoms with Crippen molar-refractivity contribution in [3.8, 4) is 0 Å². The minimum atomic E-state index is -0.436. The fourth-order valence-electron chi connectivity index (χ4n) is 2.86. The molecule has 6 heteroatoms. The molecule has 1 aromatic rings. The van der Waals surface area contributed by atoms with Gasteiger partial charge in [-0.05, 0) is 24.3 Å². The maximum Gasteiger partial charge on any atom is 0.407 e. The monoisotopic (exact) mass is 305 g/mol. The zero-order valence-corrected chi connectivity index (χ0v) is 12.6. The molecule has 0 aliphatic heterocycles. The number of hydrazine groups is 1. The Morgan fingerprint density at radius 2 is 1.91 bits per heavy atom. The molecule has 4 N–H and O–H groups in total. The van der Waals surface area contributed by atoms with E-state index < -0.39 is 6.09 Å². The number of benzene rings is 1. The van der Waals surface area contributed by atoms with Crippen LogP contribution in [0, 0.1) is 5.92 Å². The zero-order valence-electron chi connectivity index (χ0n) is 12.6. The molecular formula is C16H23N3O3. The maximum absolute atomic E-state index is 11.9. The quantitative estimate of drug-likeness (QED) is 0.440. The minimum Gasteiger partial charge on any atom is -0.445 e. The second-order valence-corrected chi connectivity index (χ2v) is 5.63. The molecule has 120 valence electrons. The second kappa shape index (κ2) is 8.38. The molecule has 0 bridgehead atoms. The van der Waals surface area contributed by atoms with Crippen molar-refractivity contribution in [1.82, 2.24) is 10.7 Å². The molecule has 0 saturated heterocycles. The van der Waals surface area contributed by atoms with Crippen molar-refractivity contribution in [3.63, 3.8) is 0 Å². The number of ether oxygens (including phenoxy) is 1. The molecule has 2 rings (SSSR count). The number of carbonyl (C=O) groups is 2. The molecule has 22 heavy (non-hydrogen) atoms. The second-order valence-electron chi connectivity index (χ2n) is 5.63. The van der Waals surface area contributed by atoms with Gasteiger partial charge >= 0.3 is 6.09 Å². The summed E-state index contributed by atoms with van der Waals surface area (Å²) >= 11 is 0. The standard InChI is InChI=1S/C16H23N3O3/c17-19-15(20)10-13-8-4-5-9-14(13)18-16(21)22-11-12-6-2-1-3-7-12/h1-3,6-7,13-14H,4-5,8-11,17H2,(H,18,21)(H,19,20). The number of rotatable bonds is 5. The average molecular weight is 305 g/mol. The molecule has 2 unspecified atom stereocenters. The average Bonchev–Trinajstić information content (AvgIpc) is 2.55. The van der Waals surface area contributed by atoms with Gasteiger partial charge in [0.25, 0.3) is 0 Å². The molecule has 2 amide bonds. The zero-order chi connectivity index (χ0) is 15.8. The Kier molecular flexibility index (Phi) is 6.21. The predicted octanol–water partition coefficient (Wildman–Crippen LogP) is 1.85. The van der Waals surface area contributed by atoms with Crippen LogP contribution < -0.4 is 16.6 Å². The third kappa shape index (κ3) is 5.04. The van der Waals surface area contributed by atoms with Crippen LogP contribution in [-0.2, 0) is 16.1 Å². The number of hydrogen-bond donors (Lipinski definition) is 3. The smallest absolute Gasteiger partial charge is 0.407 e. The lowest BCUT2D eigenvalue weighted by atomic mass is 9.82. The Bertz CT molecular complexity index is 493. The van der Waals surface area contributed by atoms with Gasteiger partial charge in [-0.2, -0.15) is 0 Å². The van der Waals surface area contributed by atoms with Crippen molar-refractivity contribution in [1.29, 1.82) is 0 Å². The summed E-state index contributed by atoms with van der Waals surface area (Å²) in [5.74, 6) is 5.05. The van der Waals surface area contributed by atoms with Crippen LogP contribution in [0.5, 0.6) is 0 Å². The molecule has 0 heterocycles. The van der Waals surface area contributed by atoms with Gasteiger partial charge < -0.3 is 10.1 Å². The van der Waals surface area contributed by atoms with E-state index in [9.17, 15) is 9.59 Å². The fraction of sp³-hybridized carbons (Fsp3) is 0.500. The topological polar surface area (TPSA) is 93.5 Å². The first-order valence-corrected chi connectivity index (χ1v) is 7.65. The Balaban J connectivity index is 1.81. The first-order chi connectivity index (χ1) is 10.7. The Labute approximate surface area is 130 Å². The lowest BCUT2D eigenvalue weighted by molar-refractivity contribution is -0.122. The summed E-state index contributed by atoms with van der Waals surface area (Å²) < 4.78 is 5.24. The Hall–Kier alpha value is -2.08. The van der Waals surface area contributed by atoms with E-state index in [1.54, 1.807) is 0 Å². The number of carbonyl (C=O) groups excluding carboxylic acids is 2. The van der Waals surface area contributed by atoms with Crippen molar-refractivity contribution in [3.05, 3.63) is 35.9 Å². The van der Waals surface area contributed by atoms with Gasteiger partial charge in [0.05, 0.1) is 0 Å². The number of nitrogens with two attached hydrogens (primary N) is 1. The molecule has 1 aliphatic carbocycles. The van der Waals surface area contributed by atoms with E-state index in [2.05, 4.69) is 10.7 Å². The first kappa shape index (κ1) is 16.3. The van der Waals surface area contributed by atoms with Crippen LogP contribution in [0.15, 0.2) is 30.3 Å². The fourth-order valence-corrected chi connectivity index (χ4v) is 2.86. The van der Waals surface area contributed by atoms with Gasteiger partial charge in [-0.3, -0.25) is 10.2 Å². The largest absolute Gasteiger partial charge is 0.445 e. The Morgan fingerprint density at radius 1 is 1.18 bits per heavy atom. The third-order valence-corrected chi connectivity index (χ3v) is 4.03. The molecular weight excluding hydrogens is 282 g/mol. The van der Waals surface area contributed by atoms with E-state index in [0.717, 1.165) is 31.2 Å². The lowest BCUT2D eigenvalue weighted by Crippen LogP contribution is -2.44. The maximum atomic E-state index is 11.9. The van der Waals surface area contributed by atoms with Crippen molar-refractivity contribution < 1.29 is 14.3 Å². The number of nitrogens with one attached hydrogen (secondary N) is 2. The highest BCUT2D eigenvalue weighted by atomic mass is 16.5. The van der Waals surface area contributed by atoms with Crippen molar-refractivity contribution >= 4 is 12.0 Å². The van der Waals surface area contributed by atoms with E-state index in [-0.39, 0.29) is 24.5 Å². The first-order valence-electron chi connectivity index (χ1n) is 7.65. The summed E-state index contributed by atoms with van der Waals surface area (Å²) in [5, 5.41) is 2.89. The minimum absolute atomic E-state index is 0.0330. The normalized spacial score (nSPS) is 21.0. The lowest BCUT2D eigenvalue weighted by Gasteiger charge is -2.31. The molecule has 0 spiro atoms.